The summed E-state index contributed by atoms with van der Waals surface area (Å²) in [5.41, 5.74) is 1.65. The van der Waals surface area contributed by atoms with Gasteiger partial charge in [0.2, 0.25) is 0 Å². The second kappa shape index (κ2) is 10.2. The smallest absolute Gasteiger partial charge is 0.323 e. The minimum absolute atomic E-state index is 0.221. The summed E-state index contributed by atoms with van der Waals surface area (Å²) >= 11 is 9.01. The number of aryl methyl sites for hydroxylation is 1. The maximum absolute atomic E-state index is 12.8. The maximum atomic E-state index is 12.8. The van der Waals surface area contributed by atoms with Crippen LogP contribution < -0.4 is 4.90 Å². The van der Waals surface area contributed by atoms with Gasteiger partial charge in [-0.25, -0.2) is 0 Å². The molecule has 8 heteroatoms. The van der Waals surface area contributed by atoms with E-state index in [-0.39, 0.29) is 17.4 Å². The number of halogens is 2. The summed E-state index contributed by atoms with van der Waals surface area (Å²) in [7, 11) is 0. The Kier molecular flexibility index (Phi) is 8.02. The molecule has 0 saturated carbocycles. The highest BCUT2D eigenvalue weighted by Crippen LogP contribution is 2.20. The number of carboxylic acids is 1. The quantitative estimate of drug-likeness (QED) is 0.461. The van der Waals surface area contributed by atoms with Crippen molar-refractivity contribution < 1.29 is 24.2 Å². The van der Waals surface area contributed by atoms with Gasteiger partial charge in [0.05, 0.1) is 0 Å². The Morgan fingerprint density at radius 2 is 1.71 bits per heavy atom. The number of hydrogen-bond acceptors (Lipinski definition) is 4. The molecule has 6 nitrogen and oxygen atoms in total. The second-order valence-corrected chi connectivity index (χ2v) is 7.72. The third-order valence-electron chi connectivity index (χ3n) is 3.79. The molecule has 1 atom stereocenters. The van der Waals surface area contributed by atoms with Gasteiger partial charge >= 0.3 is 11.9 Å². The molecule has 1 amide bonds. The Morgan fingerprint density at radius 1 is 1.11 bits per heavy atom. The lowest BCUT2D eigenvalue weighted by Crippen LogP contribution is -2.35. The molecular formula is C20H19BrClNO5. The van der Waals surface area contributed by atoms with E-state index < -0.39 is 18.4 Å². The summed E-state index contributed by atoms with van der Waals surface area (Å²) in [5, 5.41) is 9.31. The molecular weight excluding hydrogens is 450 g/mol. The van der Waals surface area contributed by atoms with Crippen LogP contribution in [0.1, 0.15) is 29.3 Å². The zero-order chi connectivity index (χ0) is 20.7. The van der Waals surface area contributed by atoms with Gasteiger partial charge in [-0.2, -0.15) is 0 Å². The number of carbonyl (C=O) groups is 3. The van der Waals surface area contributed by atoms with E-state index in [4.69, 9.17) is 21.4 Å². The lowest BCUT2D eigenvalue weighted by molar-refractivity contribution is -0.144. The van der Waals surface area contributed by atoms with Crippen LogP contribution in [0.3, 0.4) is 0 Å². The van der Waals surface area contributed by atoms with E-state index in [1.54, 1.807) is 55.5 Å². The lowest BCUT2D eigenvalue weighted by Gasteiger charge is -2.21. The van der Waals surface area contributed by atoms with E-state index in [0.717, 1.165) is 5.56 Å². The second-order valence-electron chi connectivity index (χ2n) is 5.99. The normalized spacial score (nSPS) is 11.5. The Balaban J connectivity index is 2.11. The van der Waals surface area contributed by atoms with E-state index >= 15 is 0 Å². The van der Waals surface area contributed by atoms with Crippen molar-refractivity contribution in [3.8, 4) is 0 Å². The van der Waals surface area contributed by atoms with Crippen LogP contribution in [0.15, 0.2) is 48.5 Å². The molecule has 0 aliphatic rings. The summed E-state index contributed by atoms with van der Waals surface area (Å²) in [5.74, 6) is -1.89. The molecule has 148 valence electrons. The van der Waals surface area contributed by atoms with E-state index in [9.17, 15) is 14.4 Å². The van der Waals surface area contributed by atoms with Gasteiger partial charge in [0.1, 0.15) is 6.54 Å². The maximum Gasteiger partial charge on any atom is 0.323 e. The molecule has 0 spiro atoms. The first-order valence-electron chi connectivity index (χ1n) is 8.48. The van der Waals surface area contributed by atoms with Gasteiger partial charge in [-0.3, -0.25) is 19.3 Å². The summed E-state index contributed by atoms with van der Waals surface area (Å²) < 4.78 is 5.01. The standard InChI is InChI=1S/C20H19BrClNO5/c1-13(21)28-19(26)11-4-14-2-5-15(6-3-14)20(27)23(12-18(24)25)17-9-7-16(22)8-10-17/h2-3,5-10,13H,4,11-12H2,1H3,(H,24,25). The number of rotatable bonds is 8. The van der Waals surface area contributed by atoms with E-state index in [0.29, 0.717) is 22.7 Å². The summed E-state index contributed by atoms with van der Waals surface area (Å²) in [6.07, 6.45) is 0.697. The van der Waals surface area contributed by atoms with Gasteiger partial charge in [0.25, 0.3) is 5.91 Å². The number of alkyl halides is 1. The number of aliphatic carboxylic acids is 1. The third-order valence-corrected chi connectivity index (χ3v) is 4.23. The van der Waals surface area contributed by atoms with Crippen molar-refractivity contribution in [2.75, 3.05) is 11.4 Å². The molecule has 0 saturated heterocycles. The van der Waals surface area contributed by atoms with Gasteiger partial charge in [0.15, 0.2) is 5.01 Å². The number of amides is 1. The summed E-state index contributed by atoms with van der Waals surface area (Å²) in [4.78, 5) is 36.8. The molecule has 28 heavy (non-hydrogen) atoms. The van der Waals surface area contributed by atoms with E-state index in [1.807, 2.05) is 0 Å². The first kappa shape index (κ1) is 21.9. The highest BCUT2D eigenvalue weighted by atomic mass is 79.9. The number of nitrogens with zero attached hydrogens (tertiary/aromatic N) is 1. The van der Waals surface area contributed by atoms with Crippen molar-refractivity contribution in [3.05, 3.63) is 64.7 Å². The first-order chi connectivity index (χ1) is 13.3. The molecule has 2 aromatic carbocycles. The monoisotopic (exact) mass is 467 g/mol. The molecule has 0 aromatic heterocycles. The van der Waals surface area contributed by atoms with Crippen molar-refractivity contribution in [1.29, 1.82) is 0 Å². The molecule has 0 heterocycles. The van der Waals surface area contributed by atoms with E-state index in [1.165, 1.54) is 4.90 Å². The Hall–Kier alpha value is -2.38. The van der Waals surface area contributed by atoms with Crippen LogP contribution >= 0.6 is 27.5 Å². The topological polar surface area (TPSA) is 83.9 Å². The van der Waals surface area contributed by atoms with Crippen LogP contribution in [0.4, 0.5) is 5.69 Å². The number of carbonyl (C=O) groups excluding carboxylic acids is 2. The van der Waals surface area contributed by atoms with Crippen molar-refractivity contribution in [3.63, 3.8) is 0 Å². The average Bonchev–Trinajstić information content (AvgIpc) is 2.64. The van der Waals surface area contributed by atoms with Gasteiger partial charge in [0, 0.05) is 22.7 Å². The van der Waals surface area contributed by atoms with Crippen molar-refractivity contribution >= 4 is 51.1 Å². The van der Waals surface area contributed by atoms with Crippen LogP contribution in [0.25, 0.3) is 0 Å². The van der Waals surface area contributed by atoms with Crippen LogP contribution in [-0.4, -0.2) is 34.5 Å². The predicted molar refractivity (Wildman–Crippen MR) is 110 cm³/mol. The number of esters is 1. The fourth-order valence-corrected chi connectivity index (χ4v) is 2.83. The van der Waals surface area contributed by atoms with Crippen LogP contribution in [0, 0.1) is 0 Å². The number of carboxylic acid groups (broad SMARTS) is 1. The largest absolute Gasteiger partial charge is 0.480 e. The summed E-state index contributed by atoms with van der Waals surface area (Å²) in [6, 6.07) is 13.1. The summed E-state index contributed by atoms with van der Waals surface area (Å²) in [6.45, 7) is 1.24. The third kappa shape index (κ3) is 6.65. The Morgan fingerprint density at radius 3 is 2.25 bits per heavy atom. The van der Waals surface area contributed by atoms with Crippen LogP contribution in [-0.2, 0) is 20.7 Å². The minimum Gasteiger partial charge on any atom is -0.480 e. The Labute approximate surface area is 176 Å². The van der Waals surface area contributed by atoms with E-state index in [2.05, 4.69) is 15.9 Å². The molecule has 0 aliphatic carbocycles. The lowest BCUT2D eigenvalue weighted by atomic mass is 10.1. The molecule has 2 rings (SSSR count). The molecule has 2 aromatic rings. The van der Waals surface area contributed by atoms with Crippen LogP contribution in [0.5, 0.6) is 0 Å². The molecule has 1 unspecified atom stereocenters. The number of anilines is 1. The molecule has 0 fully saturated rings. The average molecular weight is 469 g/mol. The number of benzene rings is 2. The van der Waals surface area contributed by atoms with Crippen molar-refractivity contribution in [2.24, 2.45) is 0 Å². The first-order valence-corrected chi connectivity index (χ1v) is 9.77. The van der Waals surface area contributed by atoms with Gasteiger partial charge in [-0.1, -0.05) is 23.7 Å². The highest BCUT2D eigenvalue weighted by Gasteiger charge is 2.20. The molecule has 1 N–H and O–H groups in total. The minimum atomic E-state index is -1.13. The number of hydrogen-bond donors (Lipinski definition) is 1. The van der Waals surface area contributed by atoms with Gasteiger partial charge in [-0.15, -0.1) is 0 Å². The molecule has 0 bridgehead atoms. The Bertz CT molecular complexity index is 837. The van der Waals surface area contributed by atoms with Gasteiger partial charge < -0.3 is 9.84 Å². The van der Waals surface area contributed by atoms with Crippen molar-refractivity contribution in [2.45, 2.75) is 24.8 Å². The molecule has 0 aliphatic heterocycles. The molecule has 0 radical (unpaired) electrons. The zero-order valence-electron chi connectivity index (χ0n) is 15.1. The predicted octanol–water partition coefficient (Wildman–Crippen LogP) is 4.29. The SMILES string of the molecule is CC(Br)OC(=O)CCc1ccc(C(=O)N(CC(=O)O)c2ccc(Cl)cc2)cc1. The fraction of sp³-hybridized carbons (Fsp3) is 0.250. The zero-order valence-corrected chi connectivity index (χ0v) is 17.4. The fourth-order valence-electron chi connectivity index (χ4n) is 2.49. The van der Waals surface area contributed by atoms with Crippen molar-refractivity contribution in [1.82, 2.24) is 0 Å². The highest BCUT2D eigenvalue weighted by molar-refractivity contribution is 9.09. The van der Waals surface area contributed by atoms with Crippen LogP contribution in [0.2, 0.25) is 5.02 Å². The van der Waals surface area contributed by atoms with Gasteiger partial charge in [-0.05, 0) is 71.2 Å². The number of ether oxygens (including phenoxy) is 1.